The van der Waals surface area contributed by atoms with Gasteiger partial charge in [0.2, 0.25) is 0 Å². The number of ether oxygens (including phenoxy) is 10. The molecule has 0 aromatic rings. The predicted molar refractivity (Wildman–Crippen MR) is 107 cm³/mol. The van der Waals surface area contributed by atoms with Gasteiger partial charge in [0.15, 0.2) is 0 Å². The third kappa shape index (κ3) is 5.00. The Morgan fingerprint density at radius 3 is 1.22 bits per heavy atom. The summed E-state index contributed by atoms with van der Waals surface area (Å²) in [6.45, 7) is 8.24. The van der Waals surface area contributed by atoms with Crippen LogP contribution in [0.3, 0.4) is 0 Å². The average Bonchev–Trinajstić information content (AvgIpc) is 3.62. The molecule has 6 rings (SSSR count). The molecule has 0 saturated carbocycles. The van der Waals surface area contributed by atoms with Gasteiger partial charge in [-0.05, 0) is 0 Å². The largest absolute Gasteiger partial charge is 0.373 e. The van der Waals surface area contributed by atoms with E-state index in [1.54, 1.807) is 0 Å². The SMILES string of the molecule is CC(CO[C@H]1CO[C@H]2[C@@H]1OC[C@H]2OCC1CO1)CO[C@@H]1CO[C@H]2[C@@H]1OC[C@@H]2OCC1CO1. The van der Waals surface area contributed by atoms with Crippen LogP contribution >= 0.6 is 0 Å². The fraction of sp³-hybridized carbons (Fsp3) is 1.00. The lowest BCUT2D eigenvalue weighted by Gasteiger charge is -2.22. The first-order valence-corrected chi connectivity index (χ1v) is 11.9. The molecule has 0 bridgehead atoms. The van der Waals surface area contributed by atoms with E-state index in [2.05, 4.69) is 6.92 Å². The van der Waals surface area contributed by atoms with Crippen LogP contribution in [0, 0.1) is 5.92 Å². The zero-order valence-corrected chi connectivity index (χ0v) is 18.5. The van der Waals surface area contributed by atoms with Gasteiger partial charge in [-0.2, -0.15) is 0 Å². The summed E-state index contributed by atoms with van der Waals surface area (Å²) in [6.07, 6.45) is 0.0264. The van der Waals surface area contributed by atoms with Crippen molar-refractivity contribution >= 4 is 0 Å². The molecule has 0 aromatic carbocycles. The van der Waals surface area contributed by atoms with Gasteiger partial charge in [0, 0.05) is 5.92 Å². The van der Waals surface area contributed by atoms with Crippen LogP contribution in [0.2, 0.25) is 0 Å². The fourth-order valence-corrected chi connectivity index (χ4v) is 4.84. The summed E-state index contributed by atoms with van der Waals surface area (Å²) < 4.78 is 58.2. The molecule has 11 atom stereocenters. The molecular formula is C22H34O10. The molecule has 0 aromatic heterocycles. The standard InChI is InChI=1S/C22H34O10/c1-12(2-25-15-8-29-21-17(10-31-19(15)21)27-6-13-4-23-13)3-26-16-9-30-22-18(11-32-20(16)22)28-7-14-5-24-14/h12-22H,2-11H2,1H3/t12?,13?,14?,15-,16+,17+,18-,19-,20-,21-,22-/m1/s1. The van der Waals surface area contributed by atoms with Gasteiger partial charge in [0.1, 0.15) is 61.0 Å². The van der Waals surface area contributed by atoms with Crippen molar-refractivity contribution in [3.05, 3.63) is 0 Å². The van der Waals surface area contributed by atoms with Crippen molar-refractivity contribution in [1.82, 2.24) is 0 Å². The van der Waals surface area contributed by atoms with Crippen LogP contribution in [0.25, 0.3) is 0 Å². The molecule has 10 nitrogen and oxygen atoms in total. The first kappa shape index (κ1) is 22.1. The van der Waals surface area contributed by atoms with Crippen LogP contribution in [0.5, 0.6) is 0 Å². The Morgan fingerprint density at radius 2 is 0.875 bits per heavy atom. The summed E-state index contributed by atoms with van der Waals surface area (Å²) in [5.74, 6) is 0.231. The highest BCUT2D eigenvalue weighted by molar-refractivity contribution is 4.97. The lowest BCUT2D eigenvalue weighted by atomic mass is 10.1. The van der Waals surface area contributed by atoms with E-state index >= 15 is 0 Å². The summed E-state index contributed by atoms with van der Waals surface area (Å²) in [6, 6.07) is 0. The summed E-state index contributed by atoms with van der Waals surface area (Å²) in [4.78, 5) is 0. The van der Waals surface area contributed by atoms with E-state index in [0.29, 0.717) is 52.9 Å². The van der Waals surface area contributed by atoms with E-state index in [1.807, 2.05) is 0 Å². The van der Waals surface area contributed by atoms with Gasteiger partial charge in [-0.3, -0.25) is 0 Å². The molecule has 6 aliphatic rings. The molecule has 182 valence electrons. The third-order valence-corrected chi connectivity index (χ3v) is 6.91. The highest BCUT2D eigenvalue weighted by atomic mass is 16.7. The minimum atomic E-state index is -0.0704. The molecule has 0 spiro atoms. The Morgan fingerprint density at radius 1 is 0.531 bits per heavy atom. The van der Waals surface area contributed by atoms with Crippen LogP contribution in [-0.2, 0) is 47.4 Å². The van der Waals surface area contributed by atoms with Gasteiger partial charge in [-0.25, -0.2) is 0 Å². The molecule has 0 aliphatic carbocycles. The van der Waals surface area contributed by atoms with E-state index in [-0.39, 0.29) is 67.0 Å². The summed E-state index contributed by atoms with van der Waals surface area (Å²) in [5.41, 5.74) is 0. The number of fused-ring (bicyclic) bond motifs is 2. The second kappa shape index (κ2) is 9.69. The van der Waals surface area contributed by atoms with Gasteiger partial charge in [-0.1, -0.05) is 6.92 Å². The number of hydrogen-bond acceptors (Lipinski definition) is 10. The highest BCUT2D eigenvalue weighted by Gasteiger charge is 2.50. The smallest absolute Gasteiger partial charge is 0.115 e. The monoisotopic (exact) mass is 458 g/mol. The average molecular weight is 459 g/mol. The maximum Gasteiger partial charge on any atom is 0.115 e. The van der Waals surface area contributed by atoms with Crippen LogP contribution in [0.1, 0.15) is 6.92 Å². The molecule has 32 heavy (non-hydrogen) atoms. The third-order valence-electron chi connectivity index (χ3n) is 6.91. The lowest BCUT2D eigenvalue weighted by Crippen LogP contribution is -2.36. The number of hydrogen-bond donors (Lipinski definition) is 0. The van der Waals surface area contributed by atoms with E-state index in [9.17, 15) is 0 Å². The first-order valence-electron chi connectivity index (χ1n) is 11.9. The van der Waals surface area contributed by atoms with E-state index in [4.69, 9.17) is 47.4 Å². The molecule has 0 N–H and O–H groups in total. The number of epoxide rings is 2. The Bertz CT molecular complexity index is 576. The minimum Gasteiger partial charge on any atom is -0.373 e. The maximum absolute atomic E-state index is 6.14. The molecule has 10 heteroatoms. The molecule has 0 radical (unpaired) electrons. The minimum absolute atomic E-state index is 0.0371. The summed E-state index contributed by atoms with van der Waals surface area (Å²) in [7, 11) is 0. The molecule has 3 unspecified atom stereocenters. The topological polar surface area (TPSA) is 98.9 Å². The van der Waals surface area contributed by atoms with Crippen LogP contribution < -0.4 is 0 Å². The molecule has 6 fully saturated rings. The van der Waals surface area contributed by atoms with Crippen molar-refractivity contribution in [3.63, 3.8) is 0 Å². The van der Waals surface area contributed by atoms with Gasteiger partial charge >= 0.3 is 0 Å². The Kier molecular flexibility index (Phi) is 6.69. The molecule has 6 saturated heterocycles. The summed E-state index contributed by atoms with van der Waals surface area (Å²) >= 11 is 0. The van der Waals surface area contributed by atoms with Crippen LogP contribution in [0.15, 0.2) is 0 Å². The summed E-state index contributed by atoms with van der Waals surface area (Å²) in [5, 5.41) is 0. The second-order valence-corrected chi connectivity index (χ2v) is 9.69. The van der Waals surface area contributed by atoms with Crippen molar-refractivity contribution < 1.29 is 47.4 Å². The van der Waals surface area contributed by atoms with Gasteiger partial charge < -0.3 is 47.4 Å². The van der Waals surface area contributed by atoms with Crippen LogP contribution in [0.4, 0.5) is 0 Å². The maximum atomic E-state index is 6.14. The Hall–Kier alpha value is -0.400. The van der Waals surface area contributed by atoms with Gasteiger partial charge in [-0.15, -0.1) is 0 Å². The fourth-order valence-electron chi connectivity index (χ4n) is 4.84. The van der Waals surface area contributed by atoms with E-state index < -0.39 is 0 Å². The van der Waals surface area contributed by atoms with Crippen molar-refractivity contribution in [1.29, 1.82) is 0 Å². The zero-order chi connectivity index (χ0) is 21.5. The molecule has 6 heterocycles. The Labute approximate surface area is 188 Å². The predicted octanol–water partition coefficient (Wildman–Crippen LogP) is -0.444. The van der Waals surface area contributed by atoms with Crippen molar-refractivity contribution in [3.8, 4) is 0 Å². The molecule has 6 aliphatic heterocycles. The number of rotatable bonds is 12. The van der Waals surface area contributed by atoms with Crippen molar-refractivity contribution in [2.75, 3.05) is 66.1 Å². The Balaban J connectivity index is 0.890. The van der Waals surface area contributed by atoms with E-state index in [0.717, 1.165) is 13.2 Å². The van der Waals surface area contributed by atoms with Crippen molar-refractivity contribution in [2.24, 2.45) is 5.92 Å². The van der Waals surface area contributed by atoms with Gasteiger partial charge in [0.05, 0.1) is 66.1 Å². The highest BCUT2D eigenvalue weighted by Crippen LogP contribution is 2.33. The van der Waals surface area contributed by atoms with Crippen LogP contribution in [-0.4, -0.2) is 127 Å². The zero-order valence-electron chi connectivity index (χ0n) is 18.5. The molecular weight excluding hydrogens is 424 g/mol. The lowest BCUT2D eigenvalue weighted by molar-refractivity contribution is -0.0789. The van der Waals surface area contributed by atoms with Gasteiger partial charge in [0.25, 0.3) is 0 Å². The second-order valence-electron chi connectivity index (χ2n) is 9.69. The van der Waals surface area contributed by atoms with E-state index in [1.165, 1.54) is 0 Å². The quantitative estimate of drug-likeness (QED) is 0.358. The first-order chi connectivity index (χ1) is 15.7. The van der Waals surface area contributed by atoms with Crippen molar-refractivity contribution in [2.45, 2.75) is 68.0 Å². The molecule has 0 amide bonds. The normalized spacial score (nSPS) is 47.5.